The molecular weight excluding hydrogens is 272 g/mol. The monoisotopic (exact) mass is 292 g/mol. The number of hydrogen-bond donors (Lipinski definition) is 1. The van der Waals surface area contributed by atoms with Crippen molar-refractivity contribution < 1.29 is 14.0 Å². The van der Waals surface area contributed by atoms with Crippen molar-refractivity contribution in [1.29, 1.82) is 0 Å². The van der Waals surface area contributed by atoms with E-state index in [4.69, 9.17) is 4.42 Å². The number of carbonyl (C=O) groups is 2. The van der Waals surface area contributed by atoms with E-state index in [-0.39, 0.29) is 17.9 Å². The van der Waals surface area contributed by atoms with Gasteiger partial charge in [0.05, 0.1) is 12.3 Å². The van der Waals surface area contributed by atoms with Gasteiger partial charge in [-0.15, -0.1) is 0 Å². The Bertz CT molecular complexity index is 536. The Morgan fingerprint density at radius 1 is 1.52 bits per heavy atom. The number of hydrogen-bond acceptors (Lipinski definition) is 5. The van der Waals surface area contributed by atoms with E-state index in [0.717, 1.165) is 5.76 Å². The Labute approximate surface area is 123 Å². The Balaban J connectivity index is 1.97. The number of furan rings is 1. The third-order valence-corrected chi connectivity index (χ3v) is 3.42. The Morgan fingerprint density at radius 3 is 2.86 bits per heavy atom. The topological polar surface area (TPSA) is 78.2 Å². The minimum atomic E-state index is -0.243. The Morgan fingerprint density at radius 2 is 2.29 bits per heavy atom. The van der Waals surface area contributed by atoms with Crippen molar-refractivity contribution in [2.75, 3.05) is 27.7 Å². The zero-order valence-corrected chi connectivity index (χ0v) is 12.5. The van der Waals surface area contributed by atoms with Gasteiger partial charge in [0.15, 0.2) is 0 Å². The zero-order valence-electron chi connectivity index (χ0n) is 12.5. The molecule has 1 unspecified atom stereocenters. The van der Waals surface area contributed by atoms with Crippen molar-refractivity contribution in [1.82, 2.24) is 15.2 Å². The first-order valence-corrected chi connectivity index (χ1v) is 6.81. The average molecular weight is 292 g/mol. The molecule has 114 valence electrons. The third kappa shape index (κ3) is 3.69. The number of carbonyl (C=O) groups excluding carboxylic acids is 2. The lowest BCUT2D eigenvalue weighted by Gasteiger charge is -2.23. The van der Waals surface area contributed by atoms with Gasteiger partial charge in [-0.25, -0.2) is 5.01 Å². The van der Waals surface area contributed by atoms with Crippen LogP contribution in [0.15, 0.2) is 27.9 Å². The van der Waals surface area contributed by atoms with Crippen LogP contribution in [0.4, 0.5) is 0 Å². The van der Waals surface area contributed by atoms with Crippen molar-refractivity contribution in [3.05, 3.63) is 24.2 Å². The van der Waals surface area contributed by atoms with Crippen LogP contribution < -0.4 is 5.32 Å². The molecule has 1 aromatic rings. The van der Waals surface area contributed by atoms with Gasteiger partial charge in [0.25, 0.3) is 5.91 Å². The van der Waals surface area contributed by atoms with Crippen LogP contribution in [0.5, 0.6) is 0 Å². The van der Waals surface area contributed by atoms with Crippen molar-refractivity contribution in [2.24, 2.45) is 5.10 Å². The van der Waals surface area contributed by atoms with Gasteiger partial charge in [-0.1, -0.05) is 0 Å². The highest BCUT2D eigenvalue weighted by atomic mass is 16.3. The molecule has 1 aromatic heterocycles. The third-order valence-electron chi connectivity index (χ3n) is 3.42. The molecule has 2 rings (SSSR count). The van der Waals surface area contributed by atoms with E-state index >= 15 is 0 Å². The number of amides is 2. The molecule has 21 heavy (non-hydrogen) atoms. The highest BCUT2D eigenvalue weighted by Crippen LogP contribution is 2.17. The Hall–Kier alpha value is -2.15. The number of likely N-dealkylation sites (N-methyl/N-ethyl adjacent to an activating group) is 1. The second kappa shape index (κ2) is 6.53. The van der Waals surface area contributed by atoms with Gasteiger partial charge in [-0.3, -0.25) is 14.5 Å². The fourth-order valence-corrected chi connectivity index (χ4v) is 2.14. The molecule has 1 atom stereocenters. The van der Waals surface area contributed by atoms with Gasteiger partial charge in [0.1, 0.15) is 11.5 Å². The van der Waals surface area contributed by atoms with Crippen LogP contribution in [0, 0.1) is 0 Å². The molecule has 7 heteroatoms. The quantitative estimate of drug-likeness (QED) is 0.862. The molecule has 0 spiro atoms. The standard InChI is InChI=1S/C14H20N4O3/c1-17(2)11(12-5-4-8-21-12)9-15-14(20)10-6-7-13(19)18(3)16-10/h4-5,8,11H,6-7,9H2,1-3H3,(H,15,20). The molecule has 2 heterocycles. The van der Waals surface area contributed by atoms with E-state index < -0.39 is 0 Å². The summed E-state index contributed by atoms with van der Waals surface area (Å²) in [5.41, 5.74) is 0.383. The maximum atomic E-state index is 12.1. The first kappa shape index (κ1) is 15.2. The van der Waals surface area contributed by atoms with Gasteiger partial charge < -0.3 is 9.73 Å². The van der Waals surface area contributed by atoms with Crippen LogP contribution in [0.25, 0.3) is 0 Å². The molecule has 0 aliphatic carbocycles. The summed E-state index contributed by atoms with van der Waals surface area (Å²) in [7, 11) is 5.40. The summed E-state index contributed by atoms with van der Waals surface area (Å²) in [4.78, 5) is 25.4. The van der Waals surface area contributed by atoms with E-state index in [0.29, 0.717) is 25.1 Å². The Kier molecular flexibility index (Phi) is 4.74. The summed E-state index contributed by atoms with van der Waals surface area (Å²) in [6.45, 7) is 0.413. The van der Waals surface area contributed by atoms with Gasteiger partial charge in [-0.05, 0) is 26.2 Å². The summed E-state index contributed by atoms with van der Waals surface area (Å²) in [6.07, 6.45) is 2.31. The smallest absolute Gasteiger partial charge is 0.267 e. The molecule has 0 bridgehead atoms. The predicted octanol–water partition coefficient (Wildman–Crippen LogP) is 0.607. The molecule has 0 radical (unpaired) electrons. The van der Waals surface area contributed by atoms with Gasteiger partial charge in [0, 0.05) is 26.4 Å². The van der Waals surface area contributed by atoms with E-state index in [1.54, 1.807) is 13.3 Å². The highest BCUT2D eigenvalue weighted by molar-refractivity contribution is 6.39. The molecule has 7 nitrogen and oxygen atoms in total. The first-order valence-electron chi connectivity index (χ1n) is 6.81. The van der Waals surface area contributed by atoms with Crippen LogP contribution in [-0.2, 0) is 9.59 Å². The molecule has 1 aliphatic rings. The molecule has 0 saturated heterocycles. The van der Waals surface area contributed by atoms with Gasteiger partial charge in [0.2, 0.25) is 5.91 Å². The number of nitrogens with one attached hydrogen (secondary N) is 1. The van der Waals surface area contributed by atoms with E-state index in [1.165, 1.54) is 5.01 Å². The first-order chi connectivity index (χ1) is 9.99. The second-order valence-corrected chi connectivity index (χ2v) is 5.17. The average Bonchev–Trinajstić information content (AvgIpc) is 2.95. The number of hydrazone groups is 1. The molecule has 0 saturated carbocycles. The summed E-state index contributed by atoms with van der Waals surface area (Å²) in [5, 5.41) is 8.06. The lowest BCUT2D eigenvalue weighted by atomic mass is 10.1. The molecule has 1 aliphatic heterocycles. The van der Waals surface area contributed by atoms with Crippen molar-refractivity contribution in [3.63, 3.8) is 0 Å². The highest BCUT2D eigenvalue weighted by Gasteiger charge is 2.23. The normalized spacial score (nSPS) is 16.9. The van der Waals surface area contributed by atoms with Crippen LogP contribution in [0.2, 0.25) is 0 Å². The van der Waals surface area contributed by atoms with Crippen molar-refractivity contribution >= 4 is 17.5 Å². The maximum Gasteiger partial charge on any atom is 0.267 e. The zero-order chi connectivity index (χ0) is 15.4. The molecule has 0 fully saturated rings. The summed E-state index contributed by atoms with van der Waals surface area (Å²) >= 11 is 0. The molecular formula is C14H20N4O3. The summed E-state index contributed by atoms with van der Waals surface area (Å²) < 4.78 is 5.39. The van der Waals surface area contributed by atoms with Crippen LogP contribution in [0.1, 0.15) is 24.6 Å². The van der Waals surface area contributed by atoms with Crippen LogP contribution >= 0.6 is 0 Å². The number of nitrogens with zero attached hydrogens (tertiary/aromatic N) is 3. The minimum absolute atomic E-state index is 0.0486. The second-order valence-electron chi connectivity index (χ2n) is 5.17. The van der Waals surface area contributed by atoms with E-state index in [9.17, 15) is 9.59 Å². The number of rotatable bonds is 5. The maximum absolute atomic E-state index is 12.1. The van der Waals surface area contributed by atoms with Gasteiger partial charge in [-0.2, -0.15) is 5.10 Å². The molecule has 2 amide bonds. The van der Waals surface area contributed by atoms with Crippen LogP contribution in [0.3, 0.4) is 0 Å². The predicted molar refractivity (Wildman–Crippen MR) is 77.6 cm³/mol. The van der Waals surface area contributed by atoms with Crippen molar-refractivity contribution in [2.45, 2.75) is 18.9 Å². The largest absolute Gasteiger partial charge is 0.468 e. The van der Waals surface area contributed by atoms with Crippen LogP contribution in [-0.4, -0.2) is 55.1 Å². The fraction of sp³-hybridized carbons (Fsp3) is 0.500. The molecule has 1 N–H and O–H groups in total. The van der Waals surface area contributed by atoms with E-state index in [1.807, 2.05) is 31.1 Å². The lowest BCUT2D eigenvalue weighted by Crippen LogP contribution is -2.41. The SMILES string of the molecule is CN1N=C(C(=O)NCC(c2ccco2)N(C)C)CCC1=O. The van der Waals surface area contributed by atoms with E-state index in [2.05, 4.69) is 10.4 Å². The minimum Gasteiger partial charge on any atom is -0.468 e. The summed E-state index contributed by atoms with van der Waals surface area (Å²) in [5.74, 6) is 0.472. The van der Waals surface area contributed by atoms with Gasteiger partial charge >= 0.3 is 0 Å². The molecule has 0 aromatic carbocycles. The summed E-state index contributed by atoms with van der Waals surface area (Å²) in [6, 6.07) is 3.65. The fourth-order valence-electron chi connectivity index (χ4n) is 2.14. The van der Waals surface area contributed by atoms with Crippen molar-refractivity contribution in [3.8, 4) is 0 Å². The lowest BCUT2D eigenvalue weighted by molar-refractivity contribution is -0.130.